The van der Waals surface area contributed by atoms with E-state index in [-0.39, 0.29) is 5.97 Å². The highest BCUT2D eigenvalue weighted by atomic mass is 16.5. The maximum atomic E-state index is 10.9. The predicted molar refractivity (Wildman–Crippen MR) is 70.8 cm³/mol. The van der Waals surface area contributed by atoms with Crippen molar-refractivity contribution in [2.24, 2.45) is 0 Å². The molecule has 0 aliphatic carbocycles. The van der Waals surface area contributed by atoms with Gasteiger partial charge in [-0.15, -0.1) is 0 Å². The SMILES string of the molecule is CCOc1ccc(CCNCCC(=O)OC)cc1. The van der Waals surface area contributed by atoms with Gasteiger partial charge in [0.05, 0.1) is 20.1 Å². The van der Waals surface area contributed by atoms with Crippen molar-refractivity contribution in [3.63, 3.8) is 0 Å². The molecule has 0 atom stereocenters. The van der Waals surface area contributed by atoms with Crippen LogP contribution in [0.25, 0.3) is 0 Å². The smallest absolute Gasteiger partial charge is 0.306 e. The van der Waals surface area contributed by atoms with Gasteiger partial charge in [0.2, 0.25) is 0 Å². The van der Waals surface area contributed by atoms with Crippen LogP contribution in [0.4, 0.5) is 0 Å². The molecule has 0 heterocycles. The Balaban J connectivity index is 2.17. The molecular formula is C14H21NO3. The summed E-state index contributed by atoms with van der Waals surface area (Å²) in [5, 5.41) is 3.21. The van der Waals surface area contributed by atoms with E-state index in [9.17, 15) is 4.79 Å². The summed E-state index contributed by atoms with van der Waals surface area (Å²) in [6, 6.07) is 8.08. The molecule has 0 radical (unpaired) electrons. The van der Waals surface area contributed by atoms with Gasteiger partial charge in [0, 0.05) is 6.54 Å². The van der Waals surface area contributed by atoms with Crippen LogP contribution in [0.2, 0.25) is 0 Å². The summed E-state index contributed by atoms with van der Waals surface area (Å²) in [4.78, 5) is 10.9. The molecule has 0 saturated carbocycles. The molecule has 0 saturated heterocycles. The Hall–Kier alpha value is -1.55. The minimum absolute atomic E-state index is 0.177. The Kier molecular flexibility index (Phi) is 6.87. The molecule has 1 rings (SSSR count). The monoisotopic (exact) mass is 251 g/mol. The van der Waals surface area contributed by atoms with Gasteiger partial charge in [-0.3, -0.25) is 4.79 Å². The second-order valence-electron chi connectivity index (χ2n) is 3.90. The fourth-order valence-corrected chi connectivity index (χ4v) is 1.57. The third-order valence-electron chi connectivity index (χ3n) is 2.56. The molecular weight excluding hydrogens is 230 g/mol. The van der Waals surface area contributed by atoms with Crippen LogP contribution in [-0.4, -0.2) is 32.8 Å². The number of hydrogen-bond donors (Lipinski definition) is 1. The summed E-state index contributed by atoms with van der Waals surface area (Å²) in [7, 11) is 1.41. The van der Waals surface area contributed by atoms with Crippen LogP contribution >= 0.6 is 0 Å². The minimum Gasteiger partial charge on any atom is -0.494 e. The van der Waals surface area contributed by atoms with E-state index in [1.807, 2.05) is 19.1 Å². The van der Waals surface area contributed by atoms with Gasteiger partial charge in [-0.05, 0) is 37.6 Å². The van der Waals surface area contributed by atoms with Gasteiger partial charge >= 0.3 is 5.97 Å². The standard InChI is InChI=1S/C14H21NO3/c1-3-18-13-6-4-12(5-7-13)8-10-15-11-9-14(16)17-2/h4-7,15H,3,8-11H2,1-2H3. The summed E-state index contributed by atoms with van der Waals surface area (Å²) in [6.07, 6.45) is 1.35. The molecule has 0 amide bonds. The first kappa shape index (κ1) is 14.5. The lowest BCUT2D eigenvalue weighted by Gasteiger charge is -2.06. The number of ether oxygens (including phenoxy) is 2. The Morgan fingerprint density at radius 1 is 1.22 bits per heavy atom. The summed E-state index contributed by atoms with van der Waals surface area (Å²) in [5.74, 6) is 0.725. The van der Waals surface area contributed by atoms with E-state index in [0.717, 1.165) is 18.7 Å². The van der Waals surface area contributed by atoms with Gasteiger partial charge in [0.1, 0.15) is 5.75 Å². The van der Waals surface area contributed by atoms with Crippen LogP contribution in [0, 0.1) is 0 Å². The number of carbonyl (C=O) groups is 1. The van der Waals surface area contributed by atoms with Crippen molar-refractivity contribution in [2.75, 3.05) is 26.8 Å². The first-order valence-corrected chi connectivity index (χ1v) is 6.25. The zero-order chi connectivity index (χ0) is 13.2. The molecule has 4 nitrogen and oxygen atoms in total. The van der Waals surface area contributed by atoms with Crippen molar-refractivity contribution in [2.45, 2.75) is 19.8 Å². The number of nitrogens with one attached hydrogen (secondary N) is 1. The number of rotatable bonds is 8. The summed E-state index contributed by atoms with van der Waals surface area (Å²) in [6.45, 7) is 4.17. The fourth-order valence-electron chi connectivity index (χ4n) is 1.57. The molecule has 0 unspecified atom stereocenters. The molecule has 100 valence electrons. The zero-order valence-corrected chi connectivity index (χ0v) is 11.1. The maximum Gasteiger partial charge on any atom is 0.306 e. The van der Waals surface area contributed by atoms with E-state index in [4.69, 9.17) is 4.74 Å². The quantitative estimate of drug-likeness (QED) is 0.565. The Morgan fingerprint density at radius 3 is 2.56 bits per heavy atom. The number of benzene rings is 1. The second-order valence-corrected chi connectivity index (χ2v) is 3.90. The molecule has 0 aliphatic heterocycles. The van der Waals surface area contributed by atoms with Crippen LogP contribution in [0.3, 0.4) is 0 Å². The van der Waals surface area contributed by atoms with Crippen molar-refractivity contribution < 1.29 is 14.3 Å². The normalized spacial score (nSPS) is 10.1. The zero-order valence-electron chi connectivity index (χ0n) is 11.1. The third-order valence-corrected chi connectivity index (χ3v) is 2.56. The molecule has 0 aliphatic rings. The molecule has 1 N–H and O–H groups in total. The summed E-state index contributed by atoms with van der Waals surface area (Å²) < 4.78 is 9.93. The first-order chi connectivity index (χ1) is 8.76. The van der Waals surface area contributed by atoms with E-state index in [1.54, 1.807) is 0 Å². The number of carbonyl (C=O) groups excluding carboxylic acids is 1. The van der Waals surface area contributed by atoms with E-state index in [0.29, 0.717) is 19.6 Å². The van der Waals surface area contributed by atoms with Crippen LogP contribution in [-0.2, 0) is 16.0 Å². The number of hydrogen-bond acceptors (Lipinski definition) is 4. The molecule has 0 spiro atoms. The van der Waals surface area contributed by atoms with Crippen molar-refractivity contribution in [1.29, 1.82) is 0 Å². The van der Waals surface area contributed by atoms with E-state index in [2.05, 4.69) is 22.2 Å². The van der Waals surface area contributed by atoms with E-state index >= 15 is 0 Å². The van der Waals surface area contributed by atoms with Gasteiger partial charge in [-0.1, -0.05) is 12.1 Å². The lowest BCUT2D eigenvalue weighted by molar-refractivity contribution is -0.140. The highest BCUT2D eigenvalue weighted by Gasteiger charge is 1.99. The van der Waals surface area contributed by atoms with E-state index < -0.39 is 0 Å². The molecule has 0 aromatic heterocycles. The van der Waals surface area contributed by atoms with Crippen molar-refractivity contribution in [3.8, 4) is 5.75 Å². The van der Waals surface area contributed by atoms with Gasteiger partial charge in [-0.25, -0.2) is 0 Å². The fraction of sp³-hybridized carbons (Fsp3) is 0.500. The highest BCUT2D eigenvalue weighted by molar-refractivity contribution is 5.69. The first-order valence-electron chi connectivity index (χ1n) is 6.25. The van der Waals surface area contributed by atoms with Crippen LogP contribution in [0.1, 0.15) is 18.9 Å². The molecule has 0 fully saturated rings. The highest BCUT2D eigenvalue weighted by Crippen LogP contribution is 2.12. The second kappa shape index (κ2) is 8.53. The van der Waals surface area contributed by atoms with Crippen LogP contribution in [0.5, 0.6) is 5.75 Å². The lowest BCUT2D eigenvalue weighted by Crippen LogP contribution is -2.21. The van der Waals surface area contributed by atoms with Crippen molar-refractivity contribution in [3.05, 3.63) is 29.8 Å². The average molecular weight is 251 g/mol. The average Bonchev–Trinajstić information content (AvgIpc) is 2.40. The topological polar surface area (TPSA) is 47.6 Å². The molecule has 18 heavy (non-hydrogen) atoms. The minimum atomic E-state index is -0.177. The summed E-state index contributed by atoms with van der Waals surface area (Å²) in [5.41, 5.74) is 1.25. The predicted octanol–water partition coefficient (Wildman–Crippen LogP) is 1.78. The summed E-state index contributed by atoms with van der Waals surface area (Å²) >= 11 is 0. The van der Waals surface area contributed by atoms with Crippen molar-refractivity contribution >= 4 is 5.97 Å². The Morgan fingerprint density at radius 2 is 1.94 bits per heavy atom. The number of esters is 1. The molecule has 4 heteroatoms. The lowest BCUT2D eigenvalue weighted by atomic mass is 10.1. The Bertz CT molecular complexity index is 349. The van der Waals surface area contributed by atoms with Crippen LogP contribution < -0.4 is 10.1 Å². The molecule has 1 aromatic carbocycles. The van der Waals surface area contributed by atoms with Crippen LogP contribution in [0.15, 0.2) is 24.3 Å². The van der Waals surface area contributed by atoms with E-state index in [1.165, 1.54) is 12.7 Å². The van der Waals surface area contributed by atoms with Gasteiger partial charge in [-0.2, -0.15) is 0 Å². The number of methoxy groups -OCH3 is 1. The largest absolute Gasteiger partial charge is 0.494 e. The third kappa shape index (κ3) is 5.68. The molecule has 0 bridgehead atoms. The maximum absolute atomic E-state index is 10.9. The van der Waals surface area contributed by atoms with Crippen molar-refractivity contribution in [1.82, 2.24) is 5.32 Å². The van der Waals surface area contributed by atoms with Gasteiger partial charge < -0.3 is 14.8 Å². The van der Waals surface area contributed by atoms with Gasteiger partial charge in [0.15, 0.2) is 0 Å². The van der Waals surface area contributed by atoms with Gasteiger partial charge in [0.25, 0.3) is 0 Å². The Labute approximate surface area is 108 Å². The molecule has 1 aromatic rings.